The zero-order valence-electron chi connectivity index (χ0n) is 11.5. The van der Waals surface area contributed by atoms with Gasteiger partial charge in [-0.05, 0) is 22.4 Å². The van der Waals surface area contributed by atoms with Crippen LogP contribution in [0.5, 0.6) is 0 Å². The highest BCUT2D eigenvalue weighted by atomic mass is 79.9. The quantitative estimate of drug-likeness (QED) is 0.465. The summed E-state index contributed by atoms with van der Waals surface area (Å²) in [5.41, 5.74) is 1.34. The molecule has 1 unspecified atom stereocenters. The van der Waals surface area contributed by atoms with Gasteiger partial charge in [-0.3, -0.25) is 0 Å². The second-order valence-corrected chi connectivity index (χ2v) is 11.1. The molecule has 0 N–H and O–H groups in total. The van der Waals surface area contributed by atoms with Crippen molar-refractivity contribution in [3.8, 4) is 0 Å². The number of hydrogen-bond acceptors (Lipinski definition) is 0. The third-order valence-electron chi connectivity index (χ3n) is 3.38. The first kappa shape index (κ1) is 14.5. The van der Waals surface area contributed by atoms with Gasteiger partial charge in [0.2, 0.25) is 0 Å². The van der Waals surface area contributed by atoms with E-state index in [-0.39, 0.29) is 0 Å². The first-order valence-corrected chi connectivity index (χ1v) is 11.9. The Balaban J connectivity index is 2.05. The molecule has 2 heteroatoms. The predicted octanol–water partition coefficient (Wildman–Crippen LogP) is 5.77. The van der Waals surface area contributed by atoms with Crippen LogP contribution in [0.25, 0.3) is 16.8 Å². The molecule has 0 aliphatic rings. The normalized spacial score (nSPS) is 13.2. The van der Waals surface area contributed by atoms with Crippen LogP contribution in [0.4, 0.5) is 0 Å². The molecule has 2 aromatic rings. The van der Waals surface area contributed by atoms with Gasteiger partial charge in [-0.15, -0.1) is 15.3 Å². The lowest BCUT2D eigenvalue weighted by molar-refractivity contribution is 0.877. The molecule has 100 valence electrons. The van der Waals surface area contributed by atoms with Gasteiger partial charge in [-0.2, -0.15) is 0 Å². The fourth-order valence-electron chi connectivity index (χ4n) is 2.28. The molecule has 0 saturated carbocycles. The van der Waals surface area contributed by atoms with Gasteiger partial charge in [-0.1, -0.05) is 80.4 Å². The molecule has 0 fully saturated rings. The highest BCUT2D eigenvalue weighted by Gasteiger charge is 2.03. The van der Waals surface area contributed by atoms with Crippen LogP contribution in [0.3, 0.4) is 0 Å². The monoisotopic (exact) mass is 332 g/mol. The van der Waals surface area contributed by atoms with Crippen molar-refractivity contribution >= 4 is 39.6 Å². The lowest BCUT2D eigenvalue weighted by atomic mass is 10.0. The Hall–Kier alpha value is -0.863. The molecule has 0 amide bonds. The Morgan fingerprint density at radius 3 is 2.74 bits per heavy atom. The van der Waals surface area contributed by atoms with Crippen molar-refractivity contribution in [2.45, 2.75) is 31.9 Å². The van der Waals surface area contributed by atoms with E-state index >= 15 is 0 Å². The summed E-state index contributed by atoms with van der Waals surface area (Å²) in [4.78, 5) is 0. The minimum absolute atomic E-state index is 0.697. The fourth-order valence-corrected chi connectivity index (χ4v) is 5.42. The average molecular weight is 333 g/mol. The van der Waals surface area contributed by atoms with Crippen LogP contribution < -0.4 is 0 Å². The standard InChI is InChI=1S/C17H21BrSi/c1-2-3-13-19(18)14-7-11-16-10-6-9-15-8-4-5-12-17(15)16/h4-12,19H,2-3,13-14H2,1H3. The van der Waals surface area contributed by atoms with Crippen molar-refractivity contribution in [2.75, 3.05) is 0 Å². The van der Waals surface area contributed by atoms with E-state index in [1.165, 1.54) is 41.3 Å². The molecule has 0 spiro atoms. The zero-order valence-corrected chi connectivity index (χ0v) is 14.2. The van der Waals surface area contributed by atoms with E-state index in [0.717, 1.165) is 0 Å². The number of rotatable bonds is 6. The summed E-state index contributed by atoms with van der Waals surface area (Å²) < 4.78 is 0. The largest absolute Gasteiger partial charge is 0.130 e. The molecule has 0 heterocycles. The van der Waals surface area contributed by atoms with Gasteiger partial charge in [0.1, 0.15) is 7.42 Å². The summed E-state index contributed by atoms with van der Waals surface area (Å²) in [7, 11) is -0.697. The van der Waals surface area contributed by atoms with Crippen LogP contribution in [0.2, 0.25) is 12.1 Å². The maximum atomic E-state index is 3.89. The minimum atomic E-state index is -0.697. The lowest BCUT2D eigenvalue weighted by Gasteiger charge is -2.04. The van der Waals surface area contributed by atoms with E-state index in [1.54, 1.807) is 0 Å². The number of unbranched alkanes of at least 4 members (excludes halogenated alkanes) is 1. The summed E-state index contributed by atoms with van der Waals surface area (Å²) in [5.74, 6) is 0. The number of halogens is 1. The number of benzene rings is 2. The third kappa shape index (κ3) is 4.32. The van der Waals surface area contributed by atoms with Crippen molar-refractivity contribution in [1.82, 2.24) is 0 Å². The second kappa shape index (κ2) is 7.66. The van der Waals surface area contributed by atoms with Crippen molar-refractivity contribution in [3.63, 3.8) is 0 Å². The highest BCUT2D eigenvalue weighted by molar-refractivity contribution is 9.24. The number of hydrogen-bond donors (Lipinski definition) is 0. The third-order valence-corrected chi connectivity index (χ3v) is 7.70. The van der Waals surface area contributed by atoms with Gasteiger partial charge >= 0.3 is 0 Å². The first-order valence-electron chi connectivity index (χ1n) is 7.09. The zero-order chi connectivity index (χ0) is 13.5. The maximum Gasteiger partial charge on any atom is 0.118 e. The molecule has 0 aliphatic heterocycles. The molecular formula is C17H21BrSi. The molecule has 19 heavy (non-hydrogen) atoms. The summed E-state index contributed by atoms with van der Waals surface area (Å²) >= 11 is 3.89. The van der Waals surface area contributed by atoms with Gasteiger partial charge < -0.3 is 0 Å². The Morgan fingerprint density at radius 1 is 1.11 bits per heavy atom. The Morgan fingerprint density at radius 2 is 1.89 bits per heavy atom. The number of fused-ring (bicyclic) bond motifs is 1. The SMILES string of the molecule is CCCC[SiH](Br)CC=Cc1cccc2ccccc12. The van der Waals surface area contributed by atoms with Crippen LogP contribution in [0.1, 0.15) is 25.3 Å². The Kier molecular flexibility index (Phi) is 5.86. The minimum Gasteiger partial charge on any atom is -0.130 e. The number of allylic oxidation sites excluding steroid dienone is 1. The first-order chi connectivity index (χ1) is 9.31. The molecule has 0 aromatic heterocycles. The van der Waals surface area contributed by atoms with Crippen LogP contribution in [-0.4, -0.2) is 7.42 Å². The Bertz CT molecular complexity index is 542. The van der Waals surface area contributed by atoms with Crippen LogP contribution >= 0.6 is 15.3 Å². The topological polar surface area (TPSA) is 0 Å². The summed E-state index contributed by atoms with van der Waals surface area (Å²) in [5, 5.41) is 2.67. The molecule has 1 atom stereocenters. The van der Waals surface area contributed by atoms with Gasteiger partial charge in [0.15, 0.2) is 0 Å². The van der Waals surface area contributed by atoms with Crippen molar-refractivity contribution < 1.29 is 0 Å². The smallest absolute Gasteiger partial charge is 0.118 e. The molecule has 0 aliphatic carbocycles. The van der Waals surface area contributed by atoms with Crippen molar-refractivity contribution in [3.05, 3.63) is 54.1 Å². The van der Waals surface area contributed by atoms with E-state index in [1.807, 2.05) is 0 Å². The Labute approximate surface area is 125 Å². The van der Waals surface area contributed by atoms with Gasteiger partial charge in [0.05, 0.1) is 0 Å². The highest BCUT2D eigenvalue weighted by Crippen LogP contribution is 2.20. The maximum absolute atomic E-state index is 3.89. The lowest BCUT2D eigenvalue weighted by Crippen LogP contribution is -1.99. The molecule has 0 nitrogen and oxygen atoms in total. The van der Waals surface area contributed by atoms with E-state index in [9.17, 15) is 0 Å². The van der Waals surface area contributed by atoms with Gasteiger partial charge in [-0.25, -0.2) is 0 Å². The molecular weight excluding hydrogens is 312 g/mol. The molecule has 0 saturated heterocycles. The van der Waals surface area contributed by atoms with Crippen LogP contribution in [0.15, 0.2) is 48.5 Å². The average Bonchev–Trinajstić information content (AvgIpc) is 2.45. The van der Waals surface area contributed by atoms with Crippen molar-refractivity contribution in [1.29, 1.82) is 0 Å². The van der Waals surface area contributed by atoms with E-state index in [0.29, 0.717) is 0 Å². The summed E-state index contributed by atoms with van der Waals surface area (Å²) in [6.07, 6.45) is 7.31. The molecule has 0 bridgehead atoms. The summed E-state index contributed by atoms with van der Waals surface area (Å²) in [6.45, 7) is 2.26. The molecule has 2 aromatic carbocycles. The van der Waals surface area contributed by atoms with Gasteiger partial charge in [0, 0.05) is 0 Å². The predicted molar refractivity (Wildman–Crippen MR) is 93.6 cm³/mol. The van der Waals surface area contributed by atoms with Crippen LogP contribution in [-0.2, 0) is 0 Å². The van der Waals surface area contributed by atoms with E-state index < -0.39 is 7.42 Å². The van der Waals surface area contributed by atoms with Crippen LogP contribution in [0, 0.1) is 0 Å². The van der Waals surface area contributed by atoms with Gasteiger partial charge in [0.25, 0.3) is 0 Å². The molecule has 2 rings (SSSR count). The molecule has 0 radical (unpaired) electrons. The fraction of sp³-hybridized carbons (Fsp3) is 0.294. The van der Waals surface area contributed by atoms with E-state index in [4.69, 9.17) is 0 Å². The second-order valence-electron chi connectivity index (χ2n) is 4.95. The van der Waals surface area contributed by atoms with Crippen molar-refractivity contribution in [2.24, 2.45) is 0 Å². The summed E-state index contributed by atoms with van der Waals surface area (Å²) in [6, 6.07) is 17.8. The van der Waals surface area contributed by atoms with E-state index in [2.05, 4.69) is 76.8 Å².